The second-order valence-corrected chi connectivity index (χ2v) is 23.9. The first-order valence-electron chi connectivity index (χ1n) is 26.2. The van der Waals surface area contributed by atoms with E-state index in [1.54, 1.807) is 0 Å². The Bertz CT molecular complexity index is 4430. The van der Waals surface area contributed by atoms with Gasteiger partial charge in [-0.1, -0.05) is 211 Å². The maximum absolute atomic E-state index is 2.67. The van der Waals surface area contributed by atoms with Crippen LogP contribution >= 0.6 is 11.3 Å². The highest BCUT2D eigenvalue weighted by Crippen LogP contribution is 2.52. The van der Waals surface area contributed by atoms with E-state index in [4.69, 9.17) is 0 Å². The molecule has 2 nitrogen and oxygen atoms in total. The number of thiophene rings is 1. The van der Waals surface area contributed by atoms with Gasteiger partial charge in [-0.3, -0.25) is 0 Å². The maximum Gasteiger partial charge on any atom is 0.264 e. The van der Waals surface area contributed by atoms with E-state index in [0.717, 1.165) is 0 Å². The van der Waals surface area contributed by atoms with Gasteiger partial charge in [-0.15, -0.1) is 11.3 Å². The molecule has 4 heteroatoms. The topological polar surface area (TPSA) is 8.17 Å². The minimum atomic E-state index is -0.0449. The summed E-state index contributed by atoms with van der Waals surface area (Å²) in [7, 11) is 0. The smallest absolute Gasteiger partial charge is 0.264 e. The standard InChI is InChI=1S/C70H53BN2S/c1-69(2,3)45-32-35-47(36-33-45)72-59-38-44(62-48(42-20-9-7-10-21-42)29-19-30-49(62)43-22-11-8-12-23-43)39-60-65(59)71(68-66(72)56-40-46(70(4,5)6)34-37-61(56)74-68)57-41-55-52-26-14-13-24-50(52)51-25-15-16-27-53(51)63(55)64-54-28-17-18-31-58(54)73(60)67(57)64/h7-41H,1-6H3. The minimum absolute atomic E-state index is 0.00424. The molecule has 15 rings (SSSR count). The van der Waals surface area contributed by atoms with Crippen LogP contribution in [0.1, 0.15) is 52.7 Å². The Balaban J connectivity index is 1.17. The summed E-state index contributed by atoms with van der Waals surface area (Å²) in [6, 6.07) is 80.9. The first-order chi connectivity index (χ1) is 36.0. The average molecular weight is 965 g/mol. The van der Waals surface area contributed by atoms with E-state index in [2.05, 4.69) is 263 Å². The molecule has 74 heavy (non-hydrogen) atoms. The Labute approximate surface area is 436 Å². The highest BCUT2D eigenvalue weighted by molar-refractivity contribution is 7.33. The van der Waals surface area contributed by atoms with Gasteiger partial charge in [0, 0.05) is 48.1 Å². The van der Waals surface area contributed by atoms with Gasteiger partial charge in [0.05, 0.1) is 16.7 Å². The minimum Gasteiger partial charge on any atom is -0.310 e. The van der Waals surface area contributed by atoms with Gasteiger partial charge in [0.25, 0.3) is 6.71 Å². The summed E-state index contributed by atoms with van der Waals surface area (Å²) in [5.41, 5.74) is 20.1. The summed E-state index contributed by atoms with van der Waals surface area (Å²) in [6.45, 7) is 13.9. The lowest BCUT2D eigenvalue weighted by molar-refractivity contribution is 0.590. The summed E-state index contributed by atoms with van der Waals surface area (Å²) >= 11 is 1.99. The van der Waals surface area contributed by atoms with Gasteiger partial charge in [0.2, 0.25) is 0 Å². The van der Waals surface area contributed by atoms with Crippen LogP contribution in [0.2, 0.25) is 0 Å². The molecular weight excluding hydrogens is 912 g/mol. The van der Waals surface area contributed by atoms with Gasteiger partial charge in [-0.2, -0.15) is 0 Å². The van der Waals surface area contributed by atoms with Gasteiger partial charge in [-0.05, 0) is 136 Å². The van der Waals surface area contributed by atoms with Crippen molar-refractivity contribution in [3.63, 3.8) is 0 Å². The third-order valence-corrected chi connectivity index (χ3v) is 17.7. The zero-order valence-corrected chi connectivity index (χ0v) is 43.4. The van der Waals surface area contributed by atoms with Crippen LogP contribution in [-0.4, -0.2) is 11.3 Å². The number of para-hydroxylation sites is 1. The Kier molecular flexibility index (Phi) is 9.19. The Morgan fingerprint density at radius 2 is 0.973 bits per heavy atom. The van der Waals surface area contributed by atoms with Gasteiger partial charge in [-0.25, -0.2) is 0 Å². The molecule has 2 aliphatic rings. The number of aromatic nitrogens is 1. The van der Waals surface area contributed by atoms with E-state index in [1.807, 2.05) is 11.3 Å². The Hall–Kier alpha value is -8.18. The van der Waals surface area contributed by atoms with E-state index in [0.29, 0.717) is 0 Å². The average Bonchev–Trinajstić information content (AvgIpc) is 4.17. The number of rotatable bonds is 4. The molecule has 13 aromatic rings. The van der Waals surface area contributed by atoms with E-state index in [-0.39, 0.29) is 17.5 Å². The van der Waals surface area contributed by atoms with Crippen molar-refractivity contribution in [2.75, 3.05) is 4.90 Å². The quantitative estimate of drug-likeness (QED) is 0.126. The molecule has 0 bridgehead atoms. The van der Waals surface area contributed by atoms with Crippen LogP contribution in [0.15, 0.2) is 212 Å². The van der Waals surface area contributed by atoms with Crippen LogP contribution in [0.25, 0.3) is 103 Å². The normalized spacial score (nSPS) is 13.2. The summed E-state index contributed by atoms with van der Waals surface area (Å²) in [5, 5.41) is 11.8. The molecule has 352 valence electrons. The van der Waals surface area contributed by atoms with Crippen molar-refractivity contribution in [1.29, 1.82) is 0 Å². The summed E-state index contributed by atoms with van der Waals surface area (Å²) < 4.78 is 5.38. The number of benzene rings is 11. The molecule has 0 radical (unpaired) electrons. The fourth-order valence-electron chi connectivity index (χ4n) is 13.0. The fraction of sp³-hybridized carbons (Fsp3) is 0.114. The fourth-order valence-corrected chi connectivity index (χ4v) is 14.3. The zero-order valence-electron chi connectivity index (χ0n) is 42.6. The molecule has 0 atom stereocenters. The number of fused-ring (bicyclic) bond motifs is 16. The van der Waals surface area contributed by atoms with Gasteiger partial charge >= 0.3 is 0 Å². The molecule has 11 aromatic carbocycles. The lowest BCUT2D eigenvalue weighted by Gasteiger charge is -2.40. The number of anilines is 3. The van der Waals surface area contributed by atoms with Crippen molar-refractivity contribution in [2.45, 2.75) is 52.4 Å². The number of nitrogens with zero attached hydrogens (tertiary/aromatic N) is 2. The second-order valence-electron chi connectivity index (χ2n) is 22.8. The summed E-state index contributed by atoms with van der Waals surface area (Å²) in [4.78, 5) is 2.66. The third-order valence-electron chi connectivity index (χ3n) is 16.4. The number of hydrogen-bond donors (Lipinski definition) is 0. The van der Waals surface area contributed by atoms with Crippen molar-refractivity contribution in [2.24, 2.45) is 0 Å². The molecule has 0 saturated heterocycles. The van der Waals surface area contributed by atoms with Gasteiger partial charge in [0.15, 0.2) is 0 Å². The molecule has 0 spiro atoms. The number of hydrogen-bond acceptors (Lipinski definition) is 2. The van der Waals surface area contributed by atoms with Crippen molar-refractivity contribution in [3.8, 4) is 39.1 Å². The largest absolute Gasteiger partial charge is 0.310 e. The highest BCUT2D eigenvalue weighted by Gasteiger charge is 2.45. The molecule has 0 amide bonds. The first-order valence-corrected chi connectivity index (χ1v) is 27.0. The molecule has 2 aromatic heterocycles. The van der Waals surface area contributed by atoms with Crippen LogP contribution in [0, 0.1) is 0 Å². The molecular formula is C70H53BN2S. The molecule has 4 heterocycles. The molecule has 0 N–H and O–H groups in total. The predicted octanol–water partition coefficient (Wildman–Crippen LogP) is 17.7. The first kappa shape index (κ1) is 43.4. The van der Waals surface area contributed by atoms with Gasteiger partial charge in [0.1, 0.15) is 0 Å². The van der Waals surface area contributed by atoms with Crippen molar-refractivity contribution >= 4 is 115 Å². The molecule has 0 fully saturated rings. The van der Waals surface area contributed by atoms with E-state index in [9.17, 15) is 0 Å². The molecule has 0 aliphatic carbocycles. The Morgan fingerprint density at radius 3 is 1.62 bits per heavy atom. The summed E-state index contributed by atoms with van der Waals surface area (Å²) in [5.74, 6) is 0. The maximum atomic E-state index is 2.67. The van der Waals surface area contributed by atoms with E-state index < -0.39 is 0 Å². The van der Waals surface area contributed by atoms with Crippen molar-refractivity contribution in [1.82, 2.24) is 4.57 Å². The summed E-state index contributed by atoms with van der Waals surface area (Å²) in [6.07, 6.45) is 0. The highest BCUT2D eigenvalue weighted by atomic mass is 32.1. The SMILES string of the molecule is CC(C)(C)c1ccc(N2c3cc(-c4c(-c5ccccc5)cccc4-c4ccccc4)cc4c3B(c3sc5ccc(C(C)(C)C)cc5c32)c2cc3c5ccccc5c5ccccc5c3c3c5ccccc5n-4c23)cc1. The predicted molar refractivity (Wildman–Crippen MR) is 322 cm³/mol. The van der Waals surface area contributed by atoms with Gasteiger partial charge < -0.3 is 9.47 Å². The van der Waals surface area contributed by atoms with E-state index in [1.165, 1.54) is 147 Å². The Morgan fingerprint density at radius 1 is 0.419 bits per heavy atom. The third kappa shape index (κ3) is 6.18. The van der Waals surface area contributed by atoms with Crippen LogP contribution in [0.4, 0.5) is 17.1 Å². The second kappa shape index (κ2) is 15.7. The van der Waals surface area contributed by atoms with Crippen LogP contribution in [0.5, 0.6) is 0 Å². The molecule has 0 saturated carbocycles. The van der Waals surface area contributed by atoms with Crippen molar-refractivity contribution in [3.05, 3.63) is 223 Å². The van der Waals surface area contributed by atoms with E-state index >= 15 is 0 Å². The molecule has 0 unspecified atom stereocenters. The molecule has 2 aliphatic heterocycles. The lowest BCUT2D eigenvalue weighted by atomic mass is 9.36. The van der Waals surface area contributed by atoms with Crippen LogP contribution in [0.3, 0.4) is 0 Å². The van der Waals surface area contributed by atoms with Crippen LogP contribution in [-0.2, 0) is 10.8 Å². The monoisotopic (exact) mass is 964 g/mol. The van der Waals surface area contributed by atoms with Crippen molar-refractivity contribution < 1.29 is 0 Å². The lowest BCUT2D eigenvalue weighted by Crippen LogP contribution is -2.59. The van der Waals surface area contributed by atoms with Crippen LogP contribution < -0.4 is 20.6 Å². The zero-order chi connectivity index (χ0) is 49.8.